The number of unbranched alkanes of at least 4 members (excludes halogenated alkanes) is 2. The highest BCUT2D eigenvalue weighted by molar-refractivity contribution is 5.24. The summed E-state index contributed by atoms with van der Waals surface area (Å²) in [6.07, 6.45) is 5.89. The van der Waals surface area contributed by atoms with Crippen LogP contribution in [-0.4, -0.2) is 11.2 Å². The van der Waals surface area contributed by atoms with Gasteiger partial charge in [-0.05, 0) is 12.0 Å². The van der Waals surface area contributed by atoms with Crippen molar-refractivity contribution < 1.29 is 5.11 Å². The lowest BCUT2D eigenvalue weighted by atomic mass is 9.90. The zero-order valence-electron chi connectivity index (χ0n) is 10.1. The molecule has 0 aliphatic carbocycles. The van der Waals surface area contributed by atoms with Crippen molar-refractivity contribution in [3.05, 3.63) is 48.6 Å². The molecular formula is C15H22O. The first-order valence-corrected chi connectivity index (χ1v) is 6.15. The number of benzene rings is 1. The van der Waals surface area contributed by atoms with E-state index in [0.717, 1.165) is 18.4 Å². The SMILES string of the molecule is C=CC(c1ccccc1)C(O)CCCCC. The Balaban J connectivity index is 2.57. The van der Waals surface area contributed by atoms with E-state index in [-0.39, 0.29) is 12.0 Å². The van der Waals surface area contributed by atoms with Crippen molar-refractivity contribution in [3.8, 4) is 0 Å². The molecule has 0 spiro atoms. The fraction of sp³-hybridized carbons (Fsp3) is 0.467. The predicted octanol–water partition coefficient (Wildman–Crippen LogP) is 3.90. The van der Waals surface area contributed by atoms with E-state index in [9.17, 15) is 5.11 Å². The van der Waals surface area contributed by atoms with Crippen LogP contribution in [0.2, 0.25) is 0 Å². The lowest BCUT2D eigenvalue weighted by Gasteiger charge is -2.19. The molecule has 1 rings (SSSR count). The molecule has 0 saturated heterocycles. The maximum Gasteiger partial charge on any atom is 0.0643 e. The topological polar surface area (TPSA) is 20.2 Å². The molecule has 0 heterocycles. The van der Waals surface area contributed by atoms with Crippen LogP contribution >= 0.6 is 0 Å². The summed E-state index contributed by atoms with van der Waals surface area (Å²) in [5.41, 5.74) is 1.15. The van der Waals surface area contributed by atoms with Gasteiger partial charge in [0.2, 0.25) is 0 Å². The van der Waals surface area contributed by atoms with Gasteiger partial charge in [0.1, 0.15) is 0 Å². The summed E-state index contributed by atoms with van der Waals surface area (Å²) in [4.78, 5) is 0. The fourth-order valence-corrected chi connectivity index (χ4v) is 1.97. The van der Waals surface area contributed by atoms with Gasteiger partial charge in [-0.3, -0.25) is 0 Å². The largest absolute Gasteiger partial charge is 0.392 e. The smallest absolute Gasteiger partial charge is 0.0643 e. The van der Waals surface area contributed by atoms with E-state index in [1.165, 1.54) is 12.8 Å². The van der Waals surface area contributed by atoms with E-state index >= 15 is 0 Å². The maximum atomic E-state index is 10.1. The highest BCUT2D eigenvalue weighted by Crippen LogP contribution is 2.24. The summed E-state index contributed by atoms with van der Waals surface area (Å²) in [5.74, 6) is 0.0676. The van der Waals surface area contributed by atoms with Crippen molar-refractivity contribution in [2.75, 3.05) is 0 Å². The van der Waals surface area contributed by atoms with Crippen LogP contribution in [0.3, 0.4) is 0 Å². The summed E-state index contributed by atoms with van der Waals surface area (Å²) in [6.45, 7) is 6.00. The quantitative estimate of drug-likeness (QED) is 0.543. The van der Waals surface area contributed by atoms with Crippen LogP contribution in [-0.2, 0) is 0 Å². The Morgan fingerprint density at radius 2 is 1.94 bits per heavy atom. The number of aliphatic hydroxyl groups is 1. The normalized spacial score (nSPS) is 14.4. The molecule has 88 valence electrons. The monoisotopic (exact) mass is 218 g/mol. The van der Waals surface area contributed by atoms with Crippen molar-refractivity contribution in [1.29, 1.82) is 0 Å². The molecule has 1 aromatic rings. The summed E-state index contributed by atoms with van der Waals surface area (Å²) in [5, 5.41) is 10.1. The first-order chi connectivity index (χ1) is 7.79. The predicted molar refractivity (Wildman–Crippen MR) is 69.5 cm³/mol. The number of hydrogen-bond acceptors (Lipinski definition) is 1. The van der Waals surface area contributed by atoms with Gasteiger partial charge in [0.25, 0.3) is 0 Å². The van der Waals surface area contributed by atoms with Crippen LogP contribution in [0.4, 0.5) is 0 Å². The molecule has 0 aliphatic rings. The highest BCUT2D eigenvalue weighted by Gasteiger charge is 2.16. The fourth-order valence-electron chi connectivity index (χ4n) is 1.97. The molecular weight excluding hydrogens is 196 g/mol. The number of aliphatic hydroxyl groups excluding tert-OH is 1. The van der Waals surface area contributed by atoms with Gasteiger partial charge < -0.3 is 5.11 Å². The molecule has 16 heavy (non-hydrogen) atoms. The van der Waals surface area contributed by atoms with Gasteiger partial charge in [-0.2, -0.15) is 0 Å². The Morgan fingerprint density at radius 3 is 2.50 bits per heavy atom. The molecule has 0 radical (unpaired) electrons. The Hall–Kier alpha value is -1.08. The minimum Gasteiger partial charge on any atom is -0.392 e. The number of rotatable bonds is 7. The Morgan fingerprint density at radius 1 is 1.25 bits per heavy atom. The van der Waals surface area contributed by atoms with Crippen molar-refractivity contribution in [1.82, 2.24) is 0 Å². The Labute approximate surface area is 98.8 Å². The molecule has 1 nitrogen and oxygen atoms in total. The minimum atomic E-state index is -0.300. The van der Waals surface area contributed by atoms with E-state index in [4.69, 9.17) is 0 Å². The van der Waals surface area contributed by atoms with Crippen molar-refractivity contribution in [2.24, 2.45) is 0 Å². The minimum absolute atomic E-state index is 0.0676. The summed E-state index contributed by atoms with van der Waals surface area (Å²) < 4.78 is 0. The molecule has 1 N–H and O–H groups in total. The molecule has 0 aromatic heterocycles. The van der Waals surface area contributed by atoms with Crippen molar-refractivity contribution in [2.45, 2.75) is 44.6 Å². The average Bonchev–Trinajstić information content (AvgIpc) is 2.32. The van der Waals surface area contributed by atoms with Gasteiger partial charge in [0.05, 0.1) is 6.10 Å². The third kappa shape index (κ3) is 3.82. The molecule has 2 unspecified atom stereocenters. The molecule has 0 bridgehead atoms. The van der Waals surface area contributed by atoms with Crippen LogP contribution in [0.25, 0.3) is 0 Å². The molecule has 0 aliphatic heterocycles. The standard InChI is InChI=1S/C15H22O/c1-3-5-7-12-15(16)14(4-2)13-10-8-6-9-11-13/h4,6,8-11,14-16H,2-3,5,7,12H2,1H3. The third-order valence-corrected chi connectivity index (χ3v) is 2.96. The second-order valence-corrected chi connectivity index (χ2v) is 4.24. The lowest BCUT2D eigenvalue weighted by molar-refractivity contribution is 0.146. The van der Waals surface area contributed by atoms with Crippen LogP contribution in [0, 0.1) is 0 Å². The van der Waals surface area contributed by atoms with E-state index in [0.29, 0.717) is 0 Å². The molecule has 1 heteroatoms. The van der Waals surface area contributed by atoms with E-state index in [1.807, 2.05) is 24.3 Å². The summed E-state index contributed by atoms with van der Waals surface area (Å²) in [6, 6.07) is 10.1. The first-order valence-electron chi connectivity index (χ1n) is 6.15. The summed E-state index contributed by atoms with van der Waals surface area (Å²) >= 11 is 0. The van der Waals surface area contributed by atoms with Crippen molar-refractivity contribution >= 4 is 0 Å². The molecule has 0 fully saturated rings. The van der Waals surface area contributed by atoms with Gasteiger partial charge in [0, 0.05) is 5.92 Å². The van der Waals surface area contributed by atoms with Crippen LogP contribution in [0.5, 0.6) is 0 Å². The van der Waals surface area contributed by atoms with E-state index in [1.54, 1.807) is 0 Å². The van der Waals surface area contributed by atoms with Crippen LogP contribution < -0.4 is 0 Å². The molecule has 0 saturated carbocycles. The zero-order chi connectivity index (χ0) is 11.8. The lowest BCUT2D eigenvalue weighted by Crippen LogP contribution is -2.16. The maximum absolute atomic E-state index is 10.1. The second kappa shape index (κ2) is 7.24. The zero-order valence-corrected chi connectivity index (χ0v) is 10.1. The second-order valence-electron chi connectivity index (χ2n) is 4.24. The molecule has 2 atom stereocenters. The summed E-state index contributed by atoms with van der Waals surface area (Å²) in [7, 11) is 0. The highest BCUT2D eigenvalue weighted by atomic mass is 16.3. The average molecular weight is 218 g/mol. The molecule has 1 aromatic carbocycles. The van der Waals surface area contributed by atoms with Gasteiger partial charge in [-0.25, -0.2) is 0 Å². The molecule has 0 amide bonds. The van der Waals surface area contributed by atoms with Crippen LogP contribution in [0.15, 0.2) is 43.0 Å². The number of hydrogen-bond donors (Lipinski definition) is 1. The van der Waals surface area contributed by atoms with Gasteiger partial charge in [0.15, 0.2) is 0 Å². The van der Waals surface area contributed by atoms with E-state index < -0.39 is 0 Å². The Bertz CT molecular complexity index is 292. The third-order valence-electron chi connectivity index (χ3n) is 2.96. The van der Waals surface area contributed by atoms with E-state index in [2.05, 4.69) is 25.6 Å². The van der Waals surface area contributed by atoms with Crippen LogP contribution in [0.1, 0.15) is 44.1 Å². The van der Waals surface area contributed by atoms with Gasteiger partial charge in [-0.15, -0.1) is 6.58 Å². The van der Waals surface area contributed by atoms with Gasteiger partial charge in [-0.1, -0.05) is 62.6 Å². The van der Waals surface area contributed by atoms with Crippen molar-refractivity contribution in [3.63, 3.8) is 0 Å². The Kier molecular flexibility index (Phi) is 5.87. The first kappa shape index (κ1) is 13.0. The van der Waals surface area contributed by atoms with Gasteiger partial charge >= 0.3 is 0 Å².